The smallest absolute Gasteiger partial charge is 0.274 e. The van der Waals surface area contributed by atoms with E-state index < -0.39 is 5.82 Å². The number of nitrogens with one attached hydrogen (secondary N) is 2. The van der Waals surface area contributed by atoms with E-state index in [1.165, 1.54) is 25.0 Å². The van der Waals surface area contributed by atoms with Crippen molar-refractivity contribution in [2.45, 2.75) is 57.5 Å². The first kappa shape index (κ1) is 33.3. The molecule has 2 aliphatic heterocycles. The Hall–Kier alpha value is -4.88. The van der Waals surface area contributed by atoms with Gasteiger partial charge in [-0.3, -0.25) is 14.8 Å². The van der Waals surface area contributed by atoms with Crippen molar-refractivity contribution < 1.29 is 14.3 Å². The molecule has 5 heterocycles. The third-order valence-corrected chi connectivity index (χ3v) is 11.1. The van der Waals surface area contributed by atoms with E-state index in [1.54, 1.807) is 12.4 Å². The molecule has 13 heteroatoms. The summed E-state index contributed by atoms with van der Waals surface area (Å²) in [6, 6.07) is 10.1. The summed E-state index contributed by atoms with van der Waals surface area (Å²) in [4.78, 5) is 40.3. The molecule has 8 rings (SSSR count). The SMILES string of the molecule is CCc1cc(O)c(F)cc1-c1ccc2c(-c3nc4c([nH]3)CCN(C(=O)c3cnc(N5CCCN(C6CC(N(C)C)C6)CC5)cn3)CC4)n[nH]c2c1. The number of hydrogen-bond acceptors (Lipinski definition) is 9. The fourth-order valence-electron chi connectivity index (χ4n) is 7.88. The summed E-state index contributed by atoms with van der Waals surface area (Å²) in [5.41, 5.74) is 6.24. The zero-order valence-electron chi connectivity index (χ0n) is 29.5. The van der Waals surface area contributed by atoms with E-state index in [9.17, 15) is 14.3 Å². The molecule has 0 unspecified atom stereocenters. The van der Waals surface area contributed by atoms with E-state index in [0.29, 0.717) is 61.6 Å². The molecule has 1 amide bonds. The van der Waals surface area contributed by atoms with Crippen LogP contribution < -0.4 is 4.90 Å². The average Bonchev–Trinajstić information content (AvgIpc) is 3.56. The van der Waals surface area contributed by atoms with Crippen molar-refractivity contribution in [1.82, 2.24) is 44.8 Å². The number of hydrogen-bond donors (Lipinski definition) is 3. The molecule has 0 radical (unpaired) electrons. The lowest BCUT2D eigenvalue weighted by molar-refractivity contribution is 0.0573. The van der Waals surface area contributed by atoms with Crippen LogP contribution in [0.15, 0.2) is 42.7 Å². The fourth-order valence-corrected chi connectivity index (χ4v) is 7.88. The molecular formula is C38H45FN10O2. The molecule has 0 bridgehead atoms. The summed E-state index contributed by atoms with van der Waals surface area (Å²) in [7, 11) is 4.34. The molecule has 266 valence electrons. The molecule has 0 atom stereocenters. The summed E-state index contributed by atoms with van der Waals surface area (Å²) < 4.78 is 14.3. The molecule has 2 aromatic carbocycles. The molecule has 51 heavy (non-hydrogen) atoms. The van der Waals surface area contributed by atoms with Crippen LogP contribution in [0.3, 0.4) is 0 Å². The first-order valence-corrected chi connectivity index (χ1v) is 18.1. The molecule has 1 aliphatic carbocycles. The highest BCUT2D eigenvalue weighted by atomic mass is 19.1. The fraction of sp³-hybridized carbons (Fsp3) is 0.447. The van der Waals surface area contributed by atoms with E-state index in [4.69, 9.17) is 9.97 Å². The summed E-state index contributed by atoms with van der Waals surface area (Å²) >= 11 is 0. The van der Waals surface area contributed by atoms with Crippen molar-refractivity contribution in [2.24, 2.45) is 0 Å². The Balaban J connectivity index is 0.899. The van der Waals surface area contributed by atoms with Gasteiger partial charge < -0.3 is 24.8 Å². The summed E-state index contributed by atoms with van der Waals surface area (Å²) in [5, 5.41) is 18.4. The number of carbonyl (C=O) groups excluding carboxylic acids is 1. The summed E-state index contributed by atoms with van der Waals surface area (Å²) in [6.45, 7) is 7.05. The van der Waals surface area contributed by atoms with Crippen molar-refractivity contribution in [1.29, 1.82) is 0 Å². The molecule has 0 spiro atoms. The number of H-pyrrole nitrogens is 2. The lowest BCUT2D eigenvalue weighted by atomic mass is 9.84. The molecule has 5 aromatic rings. The predicted octanol–water partition coefficient (Wildman–Crippen LogP) is 4.66. The number of aromatic hydroxyl groups is 1. The van der Waals surface area contributed by atoms with Crippen LogP contribution in [-0.2, 0) is 19.3 Å². The zero-order chi connectivity index (χ0) is 35.2. The van der Waals surface area contributed by atoms with Crippen LogP contribution >= 0.6 is 0 Å². The van der Waals surface area contributed by atoms with E-state index in [2.05, 4.69) is 49.0 Å². The van der Waals surface area contributed by atoms with Gasteiger partial charge in [-0.05, 0) is 80.7 Å². The van der Waals surface area contributed by atoms with Gasteiger partial charge in [0.25, 0.3) is 5.91 Å². The first-order chi connectivity index (χ1) is 24.7. The van der Waals surface area contributed by atoms with Gasteiger partial charge >= 0.3 is 0 Å². The standard InChI is InChI=1S/C38H45FN10O2/c1-4-23-17-34(50)29(39)20-28(23)24-6-7-27-32(16-24)44-45-36(27)37-42-30-8-12-49(13-9-31(30)43-37)38(51)33-21-41-35(22-40-33)48-11-5-10-47(14-15-48)26-18-25(19-26)46(2)3/h6-7,16-17,20-22,25-26,50H,4-5,8-15,18-19H2,1-3H3,(H,42,43)(H,44,45). The predicted molar refractivity (Wildman–Crippen MR) is 194 cm³/mol. The van der Waals surface area contributed by atoms with E-state index in [0.717, 1.165) is 77.4 Å². The molecule has 3 N–H and O–H groups in total. The second kappa shape index (κ2) is 13.7. The summed E-state index contributed by atoms with van der Waals surface area (Å²) in [6.07, 6.45) is 8.88. The molecule has 1 saturated carbocycles. The van der Waals surface area contributed by atoms with Gasteiger partial charge in [0.15, 0.2) is 17.4 Å². The van der Waals surface area contributed by atoms with Crippen LogP contribution in [0.1, 0.15) is 53.6 Å². The highest BCUT2D eigenvalue weighted by Crippen LogP contribution is 2.34. The number of imidazole rings is 1. The number of fused-ring (bicyclic) bond motifs is 2. The monoisotopic (exact) mass is 692 g/mol. The van der Waals surface area contributed by atoms with Gasteiger partial charge in [0.2, 0.25) is 0 Å². The Morgan fingerprint density at radius 1 is 1.02 bits per heavy atom. The second-order valence-corrected chi connectivity index (χ2v) is 14.3. The van der Waals surface area contributed by atoms with Crippen LogP contribution in [0.5, 0.6) is 5.75 Å². The third kappa shape index (κ3) is 6.44. The Morgan fingerprint density at radius 3 is 2.65 bits per heavy atom. The van der Waals surface area contributed by atoms with E-state index in [-0.39, 0.29) is 11.7 Å². The molecule has 3 aromatic heterocycles. The number of phenolic OH excluding ortho intramolecular Hbond substituents is 1. The topological polar surface area (TPSA) is 133 Å². The van der Waals surface area contributed by atoms with Crippen molar-refractivity contribution in [3.8, 4) is 28.4 Å². The number of aryl methyl sites for hydroxylation is 1. The van der Waals surface area contributed by atoms with E-state index in [1.807, 2.05) is 30.0 Å². The maximum Gasteiger partial charge on any atom is 0.274 e. The first-order valence-electron chi connectivity index (χ1n) is 18.1. The van der Waals surface area contributed by atoms with Crippen LogP contribution in [0.25, 0.3) is 33.5 Å². The molecule has 3 aliphatic rings. The average molecular weight is 693 g/mol. The molecule has 2 fully saturated rings. The molecular weight excluding hydrogens is 647 g/mol. The second-order valence-electron chi connectivity index (χ2n) is 14.3. The lowest BCUT2D eigenvalue weighted by Gasteiger charge is -2.45. The Bertz CT molecular complexity index is 2030. The van der Waals surface area contributed by atoms with Gasteiger partial charge in [0, 0.05) is 75.3 Å². The van der Waals surface area contributed by atoms with Crippen LogP contribution in [0, 0.1) is 5.82 Å². The minimum absolute atomic E-state index is 0.115. The van der Waals surface area contributed by atoms with Gasteiger partial charge in [-0.2, -0.15) is 5.10 Å². The Morgan fingerprint density at radius 2 is 1.86 bits per heavy atom. The quantitative estimate of drug-likeness (QED) is 0.223. The van der Waals surface area contributed by atoms with Crippen LogP contribution in [-0.4, -0.2) is 121 Å². The largest absolute Gasteiger partial charge is 0.505 e. The maximum absolute atomic E-state index is 14.3. The number of nitrogens with zero attached hydrogens (tertiary/aromatic N) is 8. The zero-order valence-corrected chi connectivity index (χ0v) is 29.5. The summed E-state index contributed by atoms with van der Waals surface area (Å²) in [5.74, 6) is 0.403. The van der Waals surface area contributed by atoms with Crippen molar-refractivity contribution in [2.75, 3.05) is 58.3 Å². The molecule has 1 saturated heterocycles. The minimum atomic E-state index is -0.645. The van der Waals surface area contributed by atoms with Crippen molar-refractivity contribution in [3.05, 3.63) is 71.2 Å². The third-order valence-electron chi connectivity index (χ3n) is 11.1. The van der Waals surface area contributed by atoms with Crippen LogP contribution in [0.4, 0.5) is 10.2 Å². The number of aromatic amines is 2. The van der Waals surface area contributed by atoms with Crippen molar-refractivity contribution in [3.63, 3.8) is 0 Å². The number of amides is 1. The number of carbonyl (C=O) groups is 1. The molecule has 12 nitrogen and oxygen atoms in total. The van der Waals surface area contributed by atoms with Gasteiger partial charge in [-0.1, -0.05) is 13.0 Å². The van der Waals surface area contributed by atoms with Gasteiger partial charge in [-0.25, -0.2) is 19.3 Å². The number of anilines is 1. The van der Waals surface area contributed by atoms with Gasteiger partial charge in [0.1, 0.15) is 17.2 Å². The van der Waals surface area contributed by atoms with Crippen LogP contribution in [0.2, 0.25) is 0 Å². The Labute approximate surface area is 296 Å². The Kier molecular flexibility index (Phi) is 8.93. The highest BCUT2D eigenvalue weighted by molar-refractivity contribution is 5.94. The lowest BCUT2D eigenvalue weighted by Crippen LogP contribution is -2.52. The van der Waals surface area contributed by atoms with E-state index >= 15 is 0 Å². The minimum Gasteiger partial charge on any atom is -0.505 e. The number of rotatable bonds is 7. The normalized spacial score (nSPS) is 19.9. The number of halogens is 1. The number of phenols is 1. The maximum atomic E-state index is 14.3. The van der Waals surface area contributed by atoms with Crippen molar-refractivity contribution >= 4 is 22.6 Å². The van der Waals surface area contributed by atoms with Gasteiger partial charge in [0.05, 0.1) is 23.6 Å². The number of benzene rings is 2. The van der Waals surface area contributed by atoms with Gasteiger partial charge in [-0.15, -0.1) is 0 Å². The highest BCUT2D eigenvalue weighted by Gasteiger charge is 2.35. The number of aromatic nitrogens is 6.